The highest BCUT2D eigenvalue weighted by atomic mass is 16.5. The molecule has 0 aliphatic carbocycles. The minimum Gasteiger partial charge on any atom is -0.469 e. The summed E-state index contributed by atoms with van der Waals surface area (Å²) in [5.41, 5.74) is 0. The van der Waals surface area contributed by atoms with Crippen LogP contribution in [0.2, 0.25) is 0 Å². The highest BCUT2D eigenvalue weighted by Crippen LogP contribution is 2.14. The van der Waals surface area contributed by atoms with E-state index >= 15 is 0 Å². The molecule has 5 nitrogen and oxygen atoms in total. The summed E-state index contributed by atoms with van der Waals surface area (Å²) in [7, 11) is 1.36. The van der Waals surface area contributed by atoms with Gasteiger partial charge in [0, 0.05) is 6.42 Å². The molecule has 2 unspecified atom stereocenters. The summed E-state index contributed by atoms with van der Waals surface area (Å²) in [6.07, 6.45) is 5.92. The lowest BCUT2D eigenvalue weighted by Crippen LogP contribution is -2.19. The van der Waals surface area contributed by atoms with Crippen molar-refractivity contribution in [1.29, 1.82) is 0 Å². The number of esters is 2. The van der Waals surface area contributed by atoms with E-state index in [1.54, 1.807) is 0 Å². The fourth-order valence-electron chi connectivity index (χ4n) is 2.21. The van der Waals surface area contributed by atoms with E-state index in [4.69, 9.17) is 4.74 Å². The maximum absolute atomic E-state index is 11.7. The second-order valence-electron chi connectivity index (χ2n) is 5.78. The van der Waals surface area contributed by atoms with Gasteiger partial charge in [0.05, 0.1) is 26.2 Å². The van der Waals surface area contributed by atoms with Gasteiger partial charge in [0.25, 0.3) is 0 Å². The number of methoxy groups -OCH3 is 1. The first-order chi connectivity index (χ1) is 10.5. The van der Waals surface area contributed by atoms with Crippen LogP contribution in [0.3, 0.4) is 0 Å². The lowest BCUT2D eigenvalue weighted by Gasteiger charge is -2.15. The van der Waals surface area contributed by atoms with Gasteiger partial charge >= 0.3 is 11.9 Å². The average molecular weight is 316 g/mol. The molecular formula is C17H32O5. The maximum atomic E-state index is 11.7. The van der Waals surface area contributed by atoms with E-state index in [-0.39, 0.29) is 18.4 Å². The van der Waals surface area contributed by atoms with Crippen molar-refractivity contribution < 1.29 is 24.2 Å². The van der Waals surface area contributed by atoms with Gasteiger partial charge in [0.2, 0.25) is 0 Å². The van der Waals surface area contributed by atoms with Crippen LogP contribution in [-0.4, -0.2) is 36.9 Å². The summed E-state index contributed by atoms with van der Waals surface area (Å²) in [6.45, 7) is 4.70. The van der Waals surface area contributed by atoms with Gasteiger partial charge in [0.15, 0.2) is 0 Å². The molecule has 5 heteroatoms. The molecule has 0 aliphatic rings. The number of unbranched alkanes of at least 4 members (excludes halogenated alkanes) is 2. The second kappa shape index (κ2) is 13.6. The van der Waals surface area contributed by atoms with Gasteiger partial charge < -0.3 is 14.6 Å². The van der Waals surface area contributed by atoms with E-state index in [2.05, 4.69) is 18.6 Å². The Hall–Kier alpha value is -1.10. The molecule has 0 bridgehead atoms. The summed E-state index contributed by atoms with van der Waals surface area (Å²) in [4.78, 5) is 22.6. The predicted octanol–water partition coefficient (Wildman–Crippen LogP) is 3.23. The number of hydrogen-bond acceptors (Lipinski definition) is 5. The first-order valence-electron chi connectivity index (χ1n) is 8.43. The Morgan fingerprint density at radius 3 is 2.36 bits per heavy atom. The van der Waals surface area contributed by atoms with Crippen molar-refractivity contribution in [3.05, 3.63) is 0 Å². The molecule has 0 heterocycles. The predicted molar refractivity (Wildman–Crippen MR) is 85.4 cm³/mol. The van der Waals surface area contributed by atoms with Gasteiger partial charge in [-0.15, -0.1) is 0 Å². The smallest absolute Gasteiger partial charge is 0.308 e. The van der Waals surface area contributed by atoms with Crippen molar-refractivity contribution in [3.63, 3.8) is 0 Å². The number of carbonyl (C=O) groups is 2. The Labute approximate surface area is 134 Å². The van der Waals surface area contributed by atoms with Crippen molar-refractivity contribution in [2.24, 2.45) is 5.92 Å². The monoisotopic (exact) mass is 316 g/mol. The van der Waals surface area contributed by atoms with Crippen molar-refractivity contribution in [2.75, 3.05) is 13.7 Å². The molecule has 130 valence electrons. The lowest BCUT2D eigenvalue weighted by atomic mass is 10.0. The summed E-state index contributed by atoms with van der Waals surface area (Å²) in [5.74, 6) is -0.164. The van der Waals surface area contributed by atoms with Crippen molar-refractivity contribution in [3.8, 4) is 0 Å². The van der Waals surface area contributed by atoms with Crippen molar-refractivity contribution >= 4 is 11.9 Å². The molecule has 0 amide bonds. The summed E-state index contributed by atoms with van der Waals surface area (Å²) in [6, 6.07) is 0. The third-order valence-electron chi connectivity index (χ3n) is 3.82. The number of aliphatic hydroxyl groups excluding tert-OH is 1. The molecule has 0 aromatic rings. The molecule has 0 radical (unpaired) electrons. The molecule has 2 atom stereocenters. The van der Waals surface area contributed by atoms with Crippen LogP contribution in [0.25, 0.3) is 0 Å². The fourth-order valence-corrected chi connectivity index (χ4v) is 2.21. The largest absolute Gasteiger partial charge is 0.469 e. The summed E-state index contributed by atoms with van der Waals surface area (Å²) < 4.78 is 9.79. The number of rotatable bonds is 13. The molecule has 0 aromatic heterocycles. The third kappa shape index (κ3) is 11.5. The minimum absolute atomic E-state index is 0.0302. The molecule has 0 fully saturated rings. The third-order valence-corrected chi connectivity index (χ3v) is 3.82. The average Bonchev–Trinajstić information content (AvgIpc) is 2.51. The fraction of sp³-hybridized carbons (Fsp3) is 0.882. The number of carbonyl (C=O) groups excluding carboxylic acids is 2. The van der Waals surface area contributed by atoms with Crippen LogP contribution in [0.15, 0.2) is 0 Å². The van der Waals surface area contributed by atoms with E-state index in [1.807, 2.05) is 0 Å². The van der Waals surface area contributed by atoms with Crippen LogP contribution < -0.4 is 0 Å². The van der Waals surface area contributed by atoms with Gasteiger partial charge in [-0.1, -0.05) is 39.5 Å². The van der Waals surface area contributed by atoms with E-state index in [9.17, 15) is 14.7 Å². The molecular weight excluding hydrogens is 284 g/mol. The van der Waals surface area contributed by atoms with Gasteiger partial charge in [-0.25, -0.2) is 0 Å². The molecule has 0 saturated heterocycles. The van der Waals surface area contributed by atoms with Crippen LogP contribution in [0.4, 0.5) is 0 Å². The van der Waals surface area contributed by atoms with Crippen LogP contribution in [0.5, 0.6) is 0 Å². The molecule has 22 heavy (non-hydrogen) atoms. The van der Waals surface area contributed by atoms with E-state index in [0.717, 1.165) is 25.7 Å². The quantitative estimate of drug-likeness (QED) is 0.417. The number of aliphatic hydroxyl groups is 1. The molecule has 0 aromatic carbocycles. The Morgan fingerprint density at radius 2 is 1.77 bits per heavy atom. The van der Waals surface area contributed by atoms with Gasteiger partial charge in [-0.2, -0.15) is 0 Å². The highest BCUT2D eigenvalue weighted by Gasteiger charge is 2.14. The summed E-state index contributed by atoms with van der Waals surface area (Å²) in [5, 5.41) is 9.79. The van der Waals surface area contributed by atoms with Crippen LogP contribution in [-0.2, 0) is 19.1 Å². The standard InChI is InChI=1S/C17H32O5/c1-4-6-9-14(5-2)13-22-17(20)12-15(18)10-7-8-11-16(19)21-3/h14-15,18H,4-13H2,1-3H3. The Kier molecular flexibility index (Phi) is 12.9. The second-order valence-corrected chi connectivity index (χ2v) is 5.78. The maximum Gasteiger partial charge on any atom is 0.308 e. The Balaban J connectivity index is 3.74. The van der Waals surface area contributed by atoms with Gasteiger partial charge in [-0.3, -0.25) is 9.59 Å². The van der Waals surface area contributed by atoms with Crippen molar-refractivity contribution in [1.82, 2.24) is 0 Å². The Bertz CT molecular complexity index is 303. The van der Waals surface area contributed by atoms with Crippen LogP contribution >= 0.6 is 0 Å². The highest BCUT2D eigenvalue weighted by molar-refractivity contribution is 5.70. The zero-order chi connectivity index (χ0) is 16.8. The lowest BCUT2D eigenvalue weighted by molar-refractivity contribution is -0.147. The van der Waals surface area contributed by atoms with E-state index in [1.165, 1.54) is 7.11 Å². The molecule has 0 saturated carbocycles. The number of ether oxygens (including phenoxy) is 2. The zero-order valence-electron chi connectivity index (χ0n) is 14.3. The molecule has 1 N–H and O–H groups in total. The first kappa shape index (κ1) is 20.9. The van der Waals surface area contributed by atoms with Crippen LogP contribution in [0, 0.1) is 5.92 Å². The SMILES string of the molecule is CCCCC(CC)COC(=O)CC(O)CCCCC(=O)OC. The topological polar surface area (TPSA) is 72.8 Å². The van der Waals surface area contributed by atoms with Gasteiger partial charge in [0.1, 0.15) is 0 Å². The van der Waals surface area contributed by atoms with Crippen molar-refractivity contribution in [2.45, 2.75) is 77.7 Å². The molecule has 0 aliphatic heterocycles. The Morgan fingerprint density at radius 1 is 1.05 bits per heavy atom. The van der Waals surface area contributed by atoms with E-state index in [0.29, 0.717) is 38.2 Å². The minimum atomic E-state index is -0.694. The van der Waals surface area contributed by atoms with Gasteiger partial charge in [-0.05, 0) is 25.2 Å². The van der Waals surface area contributed by atoms with Crippen LogP contribution in [0.1, 0.15) is 71.6 Å². The summed E-state index contributed by atoms with van der Waals surface area (Å²) >= 11 is 0. The molecule has 0 spiro atoms. The number of hydrogen-bond donors (Lipinski definition) is 1. The normalized spacial score (nSPS) is 13.5. The molecule has 0 rings (SSSR count). The zero-order valence-corrected chi connectivity index (χ0v) is 14.3. The first-order valence-corrected chi connectivity index (χ1v) is 8.43. The van der Waals surface area contributed by atoms with E-state index < -0.39 is 6.10 Å².